The molecule has 0 aromatic carbocycles. The first-order chi connectivity index (χ1) is 10.1. The van der Waals surface area contributed by atoms with Crippen molar-refractivity contribution in [2.75, 3.05) is 7.05 Å². The molecule has 1 saturated carbocycles. The number of nitrogens with two attached hydrogens (primary N) is 1. The van der Waals surface area contributed by atoms with E-state index < -0.39 is 0 Å². The monoisotopic (exact) mass is 293 g/mol. The molecule has 0 aromatic rings. The van der Waals surface area contributed by atoms with Gasteiger partial charge >= 0.3 is 0 Å². The van der Waals surface area contributed by atoms with Gasteiger partial charge in [-0.2, -0.15) is 0 Å². The van der Waals surface area contributed by atoms with Gasteiger partial charge in [-0.3, -0.25) is 4.79 Å². The molecular formula is C17H31N3O. The standard InChI is InChI=1S/C17H31N3O/c1-20-15-3-2-4-16(20)11-14(10-15)19-17(21)9-12-5-7-13(18)8-6-12/h12-16H,2-11,18H2,1H3,(H,19,21). The summed E-state index contributed by atoms with van der Waals surface area (Å²) in [6.45, 7) is 0. The van der Waals surface area contributed by atoms with Crippen LogP contribution in [-0.2, 0) is 4.79 Å². The SMILES string of the molecule is CN1C2CCCC1CC(NC(=O)CC1CCC(N)CC1)C2. The van der Waals surface area contributed by atoms with Crippen LogP contribution < -0.4 is 11.1 Å². The van der Waals surface area contributed by atoms with Crippen LogP contribution in [0.15, 0.2) is 0 Å². The van der Waals surface area contributed by atoms with Crippen LogP contribution in [0.3, 0.4) is 0 Å². The summed E-state index contributed by atoms with van der Waals surface area (Å²) >= 11 is 0. The molecule has 3 rings (SSSR count). The number of rotatable bonds is 3. The molecule has 2 heterocycles. The minimum absolute atomic E-state index is 0.281. The molecule has 4 heteroatoms. The Morgan fingerprint density at radius 3 is 2.33 bits per heavy atom. The van der Waals surface area contributed by atoms with Crippen molar-refractivity contribution in [2.45, 2.75) is 88.4 Å². The van der Waals surface area contributed by atoms with Crippen LogP contribution in [0.4, 0.5) is 0 Å². The van der Waals surface area contributed by atoms with E-state index >= 15 is 0 Å². The molecule has 4 nitrogen and oxygen atoms in total. The van der Waals surface area contributed by atoms with Crippen molar-refractivity contribution in [1.82, 2.24) is 10.2 Å². The lowest BCUT2D eigenvalue weighted by Crippen LogP contribution is -2.55. The second-order valence-electron chi connectivity index (χ2n) is 7.62. The predicted molar refractivity (Wildman–Crippen MR) is 84.9 cm³/mol. The van der Waals surface area contributed by atoms with E-state index in [2.05, 4.69) is 17.3 Å². The third-order valence-electron chi connectivity index (χ3n) is 6.07. The fourth-order valence-electron chi connectivity index (χ4n) is 4.67. The number of amides is 1. The molecule has 2 aliphatic heterocycles. The number of nitrogens with zero attached hydrogens (tertiary/aromatic N) is 1. The van der Waals surface area contributed by atoms with Gasteiger partial charge in [-0.1, -0.05) is 6.42 Å². The van der Waals surface area contributed by atoms with Crippen LogP contribution in [0.25, 0.3) is 0 Å². The van der Waals surface area contributed by atoms with E-state index in [0.29, 0.717) is 36.5 Å². The van der Waals surface area contributed by atoms with Gasteiger partial charge in [0, 0.05) is 30.6 Å². The van der Waals surface area contributed by atoms with Gasteiger partial charge in [-0.25, -0.2) is 0 Å². The van der Waals surface area contributed by atoms with Crippen molar-refractivity contribution in [3.8, 4) is 0 Å². The van der Waals surface area contributed by atoms with Gasteiger partial charge < -0.3 is 16.0 Å². The number of carbonyl (C=O) groups is 1. The number of hydrogen-bond acceptors (Lipinski definition) is 3. The molecular weight excluding hydrogens is 262 g/mol. The van der Waals surface area contributed by atoms with E-state index in [1.807, 2.05) is 0 Å². The summed E-state index contributed by atoms with van der Waals surface area (Å²) in [4.78, 5) is 14.9. The number of nitrogens with one attached hydrogen (secondary N) is 1. The minimum atomic E-state index is 0.281. The van der Waals surface area contributed by atoms with Gasteiger partial charge in [0.15, 0.2) is 0 Å². The van der Waals surface area contributed by atoms with Crippen LogP contribution in [0, 0.1) is 5.92 Å². The minimum Gasteiger partial charge on any atom is -0.353 e. The first-order valence-electron chi connectivity index (χ1n) is 8.88. The lowest BCUT2D eigenvalue weighted by atomic mass is 9.81. The Balaban J connectivity index is 1.45. The van der Waals surface area contributed by atoms with E-state index in [1.165, 1.54) is 19.3 Å². The maximum atomic E-state index is 12.3. The van der Waals surface area contributed by atoms with E-state index in [0.717, 1.165) is 38.5 Å². The fourth-order valence-corrected chi connectivity index (χ4v) is 4.67. The Morgan fingerprint density at radius 2 is 1.71 bits per heavy atom. The molecule has 3 aliphatic rings. The van der Waals surface area contributed by atoms with E-state index in [-0.39, 0.29) is 5.91 Å². The molecule has 0 spiro atoms. The van der Waals surface area contributed by atoms with Crippen LogP contribution in [0.1, 0.15) is 64.2 Å². The highest BCUT2D eigenvalue weighted by Crippen LogP contribution is 2.33. The molecule has 2 bridgehead atoms. The highest BCUT2D eigenvalue weighted by Gasteiger charge is 2.36. The van der Waals surface area contributed by atoms with Gasteiger partial charge in [0.1, 0.15) is 0 Å². The summed E-state index contributed by atoms with van der Waals surface area (Å²) in [5.74, 6) is 0.846. The average Bonchev–Trinajstić information content (AvgIpc) is 2.42. The smallest absolute Gasteiger partial charge is 0.220 e. The van der Waals surface area contributed by atoms with Crippen molar-refractivity contribution in [3.05, 3.63) is 0 Å². The first-order valence-corrected chi connectivity index (χ1v) is 8.88. The Bertz CT molecular complexity index is 351. The van der Waals surface area contributed by atoms with E-state index in [1.54, 1.807) is 0 Å². The zero-order valence-electron chi connectivity index (χ0n) is 13.4. The third-order valence-corrected chi connectivity index (χ3v) is 6.07. The van der Waals surface area contributed by atoms with Crippen LogP contribution in [0.5, 0.6) is 0 Å². The largest absolute Gasteiger partial charge is 0.353 e. The van der Waals surface area contributed by atoms with Crippen molar-refractivity contribution in [1.29, 1.82) is 0 Å². The van der Waals surface area contributed by atoms with Gasteiger partial charge in [0.2, 0.25) is 5.91 Å². The maximum absolute atomic E-state index is 12.3. The highest BCUT2D eigenvalue weighted by molar-refractivity contribution is 5.76. The van der Waals surface area contributed by atoms with E-state index in [9.17, 15) is 4.79 Å². The molecule has 3 fully saturated rings. The molecule has 120 valence electrons. The zero-order chi connectivity index (χ0) is 14.8. The van der Waals surface area contributed by atoms with E-state index in [4.69, 9.17) is 5.73 Å². The van der Waals surface area contributed by atoms with Gasteiger partial charge in [0.05, 0.1) is 0 Å². The van der Waals surface area contributed by atoms with Crippen molar-refractivity contribution in [2.24, 2.45) is 11.7 Å². The lowest BCUT2D eigenvalue weighted by Gasteiger charge is -2.47. The quantitative estimate of drug-likeness (QED) is 0.837. The summed E-state index contributed by atoms with van der Waals surface area (Å²) < 4.78 is 0. The average molecular weight is 293 g/mol. The van der Waals surface area contributed by atoms with Gasteiger partial charge in [0.25, 0.3) is 0 Å². The normalized spacial score (nSPS) is 40.8. The number of hydrogen-bond donors (Lipinski definition) is 2. The van der Waals surface area contributed by atoms with Crippen molar-refractivity contribution >= 4 is 5.91 Å². The molecule has 0 aromatic heterocycles. The Morgan fingerprint density at radius 1 is 1.10 bits per heavy atom. The summed E-state index contributed by atoms with van der Waals surface area (Å²) in [7, 11) is 2.26. The first kappa shape index (κ1) is 15.3. The van der Waals surface area contributed by atoms with Crippen LogP contribution >= 0.6 is 0 Å². The Kier molecular flexibility index (Phi) is 4.85. The van der Waals surface area contributed by atoms with Crippen molar-refractivity contribution in [3.63, 3.8) is 0 Å². The van der Waals surface area contributed by atoms with Crippen molar-refractivity contribution < 1.29 is 4.79 Å². The molecule has 1 amide bonds. The van der Waals surface area contributed by atoms with Crippen LogP contribution in [0.2, 0.25) is 0 Å². The molecule has 2 atom stereocenters. The van der Waals surface area contributed by atoms with Gasteiger partial charge in [-0.05, 0) is 64.3 Å². The molecule has 2 unspecified atom stereocenters. The molecule has 2 saturated heterocycles. The summed E-state index contributed by atoms with van der Waals surface area (Å²) in [5, 5.41) is 3.33. The highest BCUT2D eigenvalue weighted by atomic mass is 16.1. The zero-order valence-corrected chi connectivity index (χ0v) is 13.4. The summed E-state index contributed by atoms with van der Waals surface area (Å²) in [6.07, 6.45) is 11.4. The Hall–Kier alpha value is -0.610. The topological polar surface area (TPSA) is 58.4 Å². The molecule has 21 heavy (non-hydrogen) atoms. The lowest BCUT2D eigenvalue weighted by molar-refractivity contribution is -0.123. The van der Waals surface area contributed by atoms with Crippen LogP contribution in [-0.4, -0.2) is 42.0 Å². The number of carbonyl (C=O) groups excluding carboxylic acids is 1. The number of fused-ring (bicyclic) bond motifs is 2. The van der Waals surface area contributed by atoms with Gasteiger partial charge in [-0.15, -0.1) is 0 Å². The molecule has 0 radical (unpaired) electrons. The summed E-state index contributed by atoms with van der Waals surface area (Å²) in [5.41, 5.74) is 5.94. The second kappa shape index (κ2) is 6.66. The second-order valence-corrected chi connectivity index (χ2v) is 7.62. The Labute approximate surface area is 128 Å². The predicted octanol–water partition coefficient (Wildman–Crippen LogP) is 2.03. The third kappa shape index (κ3) is 3.78. The molecule has 3 N–H and O–H groups in total. The maximum Gasteiger partial charge on any atom is 0.220 e. The number of piperidine rings is 2. The molecule has 1 aliphatic carbocycles. The summed E-state index contributed by atoms with van der Waals surface area (Å²) in [6, 6.07) is 2.17. The fraction of sp³-hybridized carbons (Fsp3) is 0.941.